The predicted molar refractivity (Wildman–Crippen MR) is 104 cm³/mol. The summed E-state index contributed by atoms with van der Waals surface area (Å²) < 4.78 is 4.47. The van der Waals surface area contributed by atoms with Crippen molar-refractivity contribution in [3.05, 3.63) is 77.1 Å². The molecule has 0 aliphatic heterocycles. The lowest BCUT2D eigenvalue weighted by atomic mass is 10.1. The van der Waals surface area contributed by atoms with Crippen molar-refractivity contribution in [1.29, 1.82) is 0 Å². The molecule has 0 amide bonds. The minimum Gasteiger partial charge on any atom is -0.337 e. The van der Waals surface area contributed by atoms with Crippen LogP contribution >= 0.6 is 0 Å². The summed E-state index contributed by atoms with van der Waals surface area (Å²) >= 11 is 0. The number of fused-ring (bicyclic) bond motifs is 1. The van der Waals surface area contributed by atoms with Gasteiger partial charge in [0, 0.05) is 45.1 Å². The van der Waals surface area contributed by atoms with Gasteiger partial charge >= 0.3 is 0 Å². The SMILES string of the molecule is Cc1[nH]c2ccc(CCc3nc(-c4ccccc4)cn3C)c(C)[n+]2c1C. The fourth-order valence-corrected chi connectivity index (χ4v) is 3.67. The number of hydrogen-bond acceptors (Lipinski definition) is 1. The molecule has 0 aliphatic carbocycles. The van der Waals surface area contributed by atoms with Crippen LogP contribution in [0.3, 0.4) is 0 Å². The van der Waals surface area contributed by atoms with E-state index in [1.807, 2.05) is 6.07 Å². The average molecular weight is 345 g/mol. The van der Waals surface area contributed by atoms with Gasteiger partial charge in [0.2, 0.25) is 0 Å². The van der Waals surface area contributed by atoms with E-state index in [2.05, 4.69) is 84.4 Å². The first-order valence-electron chi connectivity index (χ1n) is 9.11. The van der Waals surface area contributed by atoms with Crippen LogP contribution in [0.15, 0.2) is 48.7 Å². The van der Waals surface area contributed by atoms with Crippen LogP contribution in [0, 0.1) is 20.8 Å². The number of hydrogen-bond donors (Lipinski definition) is 1. The third-order valence-corrected chi connectivity index (χ3v) is 5.34. The molecule has 0 saturated carbocycles. The monoisotopic (exact) mass is 345 g/mol. The van der Waals surface area contributed by atoms with E-state index in [1.165, 1.54) is 28.2 Å². The highest BCUT2D eigenvalue weighted by atomic mass is 15.0. The molecular formula is C22H25N4+. The van der Waals surface area contributed by atoms with Crippen molar-refractivity contribution in [3.63, 3.8) is 0 Å². The Morgan fingerprint density at radius 3 is 2.50 bits per heavy atom. The Hall–Kier alpha value is -2.88. The standard InChI is InChI=1S/C22H24N4/c1-15-16(2)26-17(3)18(11-13-22(26)23-15)10-12-21-24-20(14-25(21)4)19-8-6-5-7-9-19/h5-9,11,13-14H,10,12H2,1-4H3/p+1. The van der Waals surface area contributed by atoms with E-state index in [4.69, 9.17) is 4.98 Å². The quantitative estimate of drug-likeness (QED) is 0.560. The van der Waals surface area contributed by atoms with Gasteiger partial charge in [0.15, 0.2) is 0 Å². The van der Waals surface area contributed by atoms with Crippen LogP contribution in [0.1, 0.15) is 28.5 Å². The maximum atomic E-state index is 4.86. The van der Waals surface area contributed by atoms with E-state index in [0.717, 1.165) is 30.0 Å². The summed E-state index contributed by atoms with van der Waals surface area (Å²) in [6.45, 7) is 6.50. The molecule has 0 spiro atoms. The van der Waals surface area contributed by atoms with E-state index in [1.54, 1.807) is 0 Å². The zero-order valence-electron chi connectivity index (χ0n) is 15.9. The van der Waals surface area contributed by atoms with Gasteiger partial charge < -0.3 is 4.57 Å². The van der Waals surface area contributed by atoms with Crippen LogP contribution in [0.5, 0.6) is 0 Å². The number of benzene rings is 1. The molecule has 0 atom stereocenters. The van der Waals surface area contributed by atoms with E-state index < -0.39 is 0 Å². The maximum absolute atomic E-state index is 4.86. The number of imidazole rings is 2. The molecule has 4 nitrogen and oxygen atoms in total. The summed E-state index contributed by atoms with van der Waals surface area (Å²) in [5, 5.41) is 0. The summed E-state index contributed by atoms with van der Waals surface area (Å²) in [7, 11) is 2.08. The van der Waals surface area contributed by atoms with Crippen LogP contribution < -0.4 is 4.40 Å². The number of pyridine rings is 1. The zero-order chi connectivity index (χ0) is 18.3. The molecule has 4 rings (SSSR count). The summed E-state index contributed by atoms with van der Waals surface area (Å²) in [6, 6.07) is 14.8. The molecule has 0 saturated heterocycles. The molecule has 3 heterocycles. The molecule has 0 unspecified atom stereocenters. The third kappa shape index (κ3) is 2.81. The summed E-state index contributed by atoms with van der Waals surface area (Å²) in [4.78, 5) is 8.30. The van der Waals surface area contributed by atoms with Crippen LogP contribution in [-0.2, 0) is 19.9 Å². The Labute approximate surface area is 154 Å². The third-order valence-electron chi connectivity index (χ3n) is 5.34. The molecule has 132 valence electrons. The van der Waals surface area contributed by atoms with Crippen LogP contribution in [0.2, 0.25) is 0 Å². The van der Waals surface area contributed by atoms with E-state index in [-0.39, 0.29) is 0 Å². The second-order valence-electron chi connectivity index (χ2n) is 7.02. The number of H-pyrrole nitrogens is 1. The molecular weight excluding hydrogens is 320 g/mol. The van der Waals surface area contributed by atoms with Crippen LogP contribution in [0.25, 0.3) is 16.9 Å². The minimum atomic E-state index is 0.929. The van der Waals surface area contributed by atoms with Gasteiger partial charge in [-0.05, 0) is 25.0 Å². The molecule has 1 aromatic carbocycles. The first kappa shape index (κ1) is 16.6. The molecule has 0 radical (unpaired) electrons. The highest BCUT2D eigenvalue weighted by molar-refractivity contribution is 5.58. The number of aromatic amines is 1. The normalized spacial score (nSPS) is 11.4. The highest BCUT2D eigenvalue weighted by Crippen LogP contribution is 2.19. The lowest BCUT2D eigenvalue weighted by Gasteiger charge is -2.05. The number of nitrogens with zero attached hydrogens (tertiary/aromatic N) is 3. The Bertz CT molecular complexity index is 1070. The second-order valence-corrected chi connectivity index (χ2v) is 7.02. The van der Waals surface area contributed by atoms with Gasteiger partial charge in [0.25, 0.3) is 5.65 Å². The molecule has 3 aromatic heterocycles. The minimum absolute atomic E-state index is 0.929. The van der Waals surface area contributed by atoms with Gasteiger partial charge in [-0.15, -0.1) is 0 Å². The summed E-state index contributed by atoms with van der Waals surface area (Å²) in [5.74, 6) is 1.12. The van der Waals surface area contributed by atoms with Crippen molar-refractivity contribution in [1.82, 2.24) is 14.5 Å². The average Bonchev–Trinajstić information content (AvgIpc) is 3.16. The number of aromatic nitrogens is 4. The van der Waals surface area contributed by atoms with Crippen molar-refractivity contribution < 1.29 is 4.40 Å². The zero-order valence-corrected chi connectivity index (χ0v) is 15.9. The van der Waals surface area contributed by atoms with Gasteiger partial charge in [0.1, 0.15) is 22.9 Å². The van der Waals surface area contributed by atoms with Crippen molar-refractivity contribution in [2.75, 3.05) is 0 Å². The molecule has 4 heteroatoms. The number of aryl methyl sites for hydroxylation is 6. The van der Waals surface area contributed by atoms with Crippen molar-refractivity contribution in [3.8, 4) is 11.3 Å². The van der Waals surface area contributed by atoms with Crippen molar-refractivity contribution in [2.24, 2.45) is 7.05 Å². The molecule has 26 heavy (non-hydrogen) atoms. The Morgan fingerprint density at radius 1 is 0.962 bits per heavy atom. The Kier molecular flexibility index (Phi) is 4.11. The Balaban J connectivity index is 1.60. The molecule has 0 bridgehead atoms. The predicted octanol–water partition coefficient (Wildman–Crippen LogP) is 3.86. The summed E-state index contributed by atoms with van der Waals surface area (Å²) in [6.07, 6.45) is 4.03. The molecule has 1 N–H and O–H groups in total. The highest BCUT2D eigenvalue weighted by Gasteiger charge is 2.17. The first-order valence-corrected chi connectivity index (χ1v) is 9.11. The van der Waals surface area contributed by atoms with Crippen molar-refractivity contribution >= 4 is 5.65 Å². The van der Waals surface area contributed by atoms with Gasteiger partial charge in [-0.25, -0.2) is 9.97 Å². The van der Waals surface area contributed by atoms with Gasteiger partial charge in [0.05, 0.1) is 5.69 Å². The molecule has 0 fully saturated rings. The number of nitrogens with one attached hydrogen (secondary N) is 1. The van der Waals surface area contributed by atoms with E-state index in [0.29, 0.717) is 0 Å². The first-order chi connectivity index (χ1) is 12.5. The summed E-state index contributed by atoms with van der Waals surface area (Å²) in [5.41, 5.74) is 8.55. The largest absolute Gasteiger partial charge is 0.337 e. The van der Waals surface area contributed by atoms with Gasteiger partial charge in [-0.1, -0.05) is 30.3 Å². The lowest BCUT2D eigenvalue weighted by Crippen LogP contribution is -2.28. The van der Waals surface area contributed by atoms with E-state index in [9.17, 15) is 0 Å². The second kappa shape index (κ2) is 6.45. The smallest absolute Gasteiger partial charge is 0.284 e. The number of rotatable bonds is 4. The van der Waals surface area contributed by atoms with Gasteiger partial charge in [-0.2, -0.15) is 4.40 Å². The lowest BCUT2D eigenvalue weighted by molar-refractivity contribution is -0.526. The maximum Gasteiger partial charge on any atom is 0.284 e. The molecule has 4 aromatic rings. The van der Waals surface area contributed by atoms with Gasteiger partial charge in [-0.3, -0.25) is 0 Å². The van der Waals surface area contributed by atoms with Crippen LogP contribution in [-0.4, -0.2) is 14.5 Å². The molecule has 0 aliphatic rings. The fraction of sp³-hybridized carbons (Fsp3) is 0.273. The Morgan fingerprint density at radius 2 is 1.73 bits per heavy atom. The fourth-order valence-electron chi connectivity index (χ4n) is 3.67. The topological polar surface area (TPSA) is 37.7 Å². The van der Waals surface area contributed by atoms with E-state index >= 15 is 0 Å². The van der Waals surface area contributed by atoms with Crippen LogP contribution in [0.4, 0.5) is 0 Å². The van der Waals surface area contributed by atoms with Crippen molar-refractivity contribution in [2.45, 2.75) is 33.6 Å².